The van der Waals surface area contributed by atoms with Gasteiger partial charge in [0.15, 0.2) is 0 Å². The lowest BCUT2D eigenvalue weighted by Crippen LogP contribution is -2.42. The standard InChI is InChI=1S/C17H39BN2O2/c1-14(18)19-11-12-21-17(7,8)13-22-16(5,6)9-10-20-15(2,3)4/h14,19-20H,9-13,18H2,1-8H3. The van der Waals surface area contributed by atoms with E-state index in [1.165, 1.54) is 0 Å². The fourth-order valence-corrected chi connectivity index (χ4v) is 1.90. The van der Waals surface area contributed by atoms with Crippen molar-refractivity contribution in [2.24, 2.45) is 0 Å². The molecule has 0 amide bonds. The molecule has 4 nitrogen and oxygen atoms in total. The van der Waals surface area contributed by atoms with Crippen molar-refractivity contribution in [1.29, 1.82) is 0 Å². The topological polar surface area (TPSA) is 42.5 Å². The third-order valence-electron chi connectivity index (χ3n) is 3.34. The number of hydrogen-bond acceptors (Lipinski definition) is 4. The van der Waals surface area contributed by atoms with Crippen LogP contribution in [0.4, 0.5) is 0 Å². The first kappa shape index (κ1) is 21.9. The number of nitrogens with one attached hydrogen (secondary N) is 2. The molecule has 1 unspecified atom stereocenters. The fraction of sp³-hybridized carbons (Fsp3) is 1.00. The van der Waals surface area contributed by atoms with Gasteiger partial charge in [0.2, 0.25) is 0 Å². The predicted octanol–water partition coefficient (Wildman–Crippen LogP) is 1.92. The molecule has 0 aliphatic rings. The minimum absolute atomic E-state index is 0.144. The van der Waals surface area contributed by atoms with Gasteiger partial charge in [0.1, 0.15) is 7.85 Å². The second kappa shape index (κ2) is 9.26. The molecule has 0 aromatic carbocycles. The highest BCUT2D eigenvalue weighted by molar-refractivity contribution is 6.11. The molecule has 0 aliphatic heterocycles. The van der Waals surface area contributed by atoms with E-state index in [4.69, 9.17) is 9.47 Å². The Morgan fingerprint density at radius 1 is 0.909 bits per heavy atom. The fourth-order valence-electron chi connectivity index (χ4n) is 1.90. The van der Waals surface area contributed by atoms with Crippen LogP contribution in [0, 0.1) is 0 Å². The molecule has 0 rings (SSSR count). The second-order valence-corrected chi connectivity index (χ2v) is 8.69. The summed E-state index contributed by atoms with van der Waals surface area (Å²) < 4.78 is 12.0. The van der Waals surface area contributed by atoms with E-state index >= 15 is 0 Å². The highest BCUT2D eigenvalue weighted by Gasteiger charge is 2.25. The van der Waals surface area contributed by atoms with Crippen molar-refractivity contribution in [1.82, 2.24) is 10.6 Å². The molecule has 0 bridgehead atoms. The van der Waals surface area contributed by atoms with Crippen molar-refractivity contribution < 1.29 is 9.47 Å². The minimum Gasteiger partial charge on any atom is -0.373 e. The van der Waals surface area contributed by atoms with Crippen molar-refractivity contribution >= 4 is 7.85 Å². The third kappa shape index (κ3) is 13.6. The molecule has 0 aromatic heterocycles. The van der Waals surface area contributed by atoms with Gasteiger partial charge in [-0.15, -0.1) is 0 Å². The minimum atomic E-state index is -0.257. The lowest BCUT2D eigenvalue weighted by Gasteiger charge is -2.33. The molecular formula is C17H39BN2O2. The van der Waals surface area contributed by atoms with Gasteiger partial charge in [0.05, 0.1) is 24.4 Å². The van der Waals surface area contributed by atoms with Gasteiger partial charge in [-0.1, -0.05) is 6.92 Å². The molecule has 0 aliphatic carbocycles. The van der Waals surface area contributed by atoms with Crippen LogP contribution >= 0.6 is 0 Å². The summed E-state index contributed by atoms with van der Waals surface area (Å²) in [6.45, 7) is 20.3. The second-order valence-electron chi connectivity index (χ2n) is 8.69. The van der Waals surface area contributed by atoms with E-state index in [2.05, 4.69) is 73.9 Å². The normalized spacial score (nSPS) is 15.1. The Labute approximate surface area is 139 Å². The van der Waals surface area contributed by atoms with Crippen LogP contribution < -0.4 is 10.6 Å². The summed E-state index contributed by atoms with van der Waals surface area (Å²) in [5.74, 6) is 0.497. The van der Waals surface area contributed by atoms with Crippen LogP contribution in [-0.2, 0) is 9.47 Å². The number of ether oxygens (including phenoxy) is 2. The van der Waals surface area contributed by atoms with Crippen LogP contribution in [-0.4, -0.2) is 56.8 Å². The summed E-state index contributed by atoms with van der Waals surface area (Å²) in [7, 11) is 2.14. The molecule has 0 spiro atoms. The zero-order valence-electron chi connectivity index (χ0n) is 16.4. The van der Waals surface area contributed by atoms with E-state index in [1.807, 2.05) is 0 Å². The van der Waals surface area contributed by atoms with Crippen molar-refractivity contribution in [2.45, 2.75) is 84.5 Å². The quantitative estimate of drug-likeness (QED) is 0.452. The molecule has 0 radical (unpaired) electrons. The summed E-state index contributed by atoms with van der Waals surface area (Å²) in [5, 5.41) is 6.87. The van der Waals surface area contributed by atoms with Gasteiger partial charge in [-0.2, -0.15) is 0 Å². The Balaban J connectivity index is 4.00. The molecule has 2 N–H and O–H groups in total. The van der Waals surface area contributed by atoms with Crippen molar-refractivity contribution in [3.8, 4) is 0 Å². The summed E-state index contributed by atoms with van der Waals surface area (Å²) >= 11 is 0. The van der Waals surface area contributed by atoms with E-state index in [1.54, 1.807) is 0 Å². The molecule has 0 heterocycles. The van der Waals surface area contributed by atoms with Crippen LogP contribution in [0.25, 0.3) is 0 Å². The molecule has 5 heteroatoms. The predicted molar refractivity (Wildman–Crippen MR) is 98.4 cm³/mol. The first-order valence-electron chi connectivity index (χ1n) is 8.59. The molecule has 1 atom stereocenters. The third-order valence-corrected chi connectivity index (χ3v) is 3.34. The van der Waals surface area contributed by atoms with E-state index in [0.29, 0.717) is 19.2 Å². The summed E-state index contributed by atoms with van der Waals surface area (Å²) in [6, 6.07) is 0. The van der Waals surface area contributed by atoms with Gasteiger partial charge in [0.25, 0.3) is 0 Å². The molecule has 22 heavy (non-hydrogen) atoms. The zero-order chi connectivity index (χ0) is 17.4. The Hall–Kier alpha value is -0.0951. The maximum absolute atomic E-state index is 6.10. The number of hydrogen-bond donors (Lipinski definition) is 2. The molecular weight excluding hydrogens is 275 g/mol. The Morgan fingerprint density at radius 2 is 1.50 bits per heavy atom. The summed E-state index contributed by atoms with van der Waals surface area (Å²) in [6.07, 6.45) is 0.981. The Bertz CT molecular complexity index is 300. The van der Waals surface area contributed by atoms with Gasteiger partial charge < -0.3 is 20.1 Å². The van der Waals surface area contributed by atoms with Crippen molar-refractivity contribution in [3.63, 3.8) is 0 Å². The molecule has 0 fully saturated rings. The van der Waals surface area contributed by atoms with Gasteiger partial charge in [-0.25, -0.2) is 0 Å². The first-order chi connectivity index (χ1) is 9.83. The highest BCUT2D eigenvalue weighted by Crippen LogP contribution is 2.19. The van der Waals surface area contributed by atoms with E-state index < -0.39 is 0 Å². The van der Waals surface area contributed by atoms with E-state index in [0.717, 1.165) is 19.5 Å². The maximum atomic E-state index is 6.10. The lowest BCUT2D eigenvalue weighted by atomic mass is 9.99. The number of rotatable bonds is 11. The van der Waals surface area contributed by atoms with E-state index in [9.17, 15) is 0 Å². The van der Waals surface area contributed by atoms with Gasteiger partial charge in [0, 0.05) is 12.1 Å². The Kier molecular flexibility index (Phi) is 9.22. The largest absolute Gasteiger partial charge is 0.373 e. The molecule has 0 saturated carbocycles. The van der Waals surface area contributed by atoms with E-state index in [-0.39, 0.29) is 16.7 Å². The lowest BCUT2D eigenvalue weighted by molar-refractivity contribution is -0.121. The van der Waals surface area contributed by atoms with Gasteiger partial charge in [-0.3, -0.25) is 0 Å². The van der Waals surface area contributed by atoms with Crippen molar-refractivity contribution in [3.05, 3.63) is 0 Å². The smallest absolute Gasteiger partial charge is 0.123 e. The molecule has 0 aromatic rings. The molecule has 132 valence electrons. The van der Waals surface area contributed by atoms with Crippen LogP contribution in [0.15, 0.2) is 0 Å². The SMILES string of the molecule is BC(C)NCCOC(C)(C)COC(C)(C)CCNC(C)(C)C. The zero-order valence-corrected chi connectivity index (χ0v) is 16.4. The monoisotopic (exact) mass is 314 g/mol. The van der Waals surface area contributed by atoms with Crippen LogP contribution in [0.3, 0.4) is 0 Å². The summed E-state index contributed by atoms with van der Waals surface area (Å²) in [5.41, 5.74) is -0.246. The molecule has 0 saturated heterocycles. The highest BCUT2D eigenvalue weighted by atomic mass is 16.6. The Morgan fingerprint density at radius 3 is 2.00 bits per heavy atom. The van der Waals surface area contributed by atoms with Gasteiger partial charge in [-0.05, 0) is 67.4 Å². The average molecular weight is 314 g/mol. The van der Waals surface area contributed by atoms with Gasteiger partial charge >= 0.3 is 0 Å². The van der Waals surface area contributed by atoms with Crippen molar-refractivity contribution in [2.75, 3.05) is 26.3 Å². The van der Waals surface area contributed by atoms with Crippen LogP contribution in [0.5, 0.6) is 0 Å². The summed E-state index contributed by atoms with van der Waals surface area (Å²) in [4.78, 5) is 0. The maximum Gasteiger partial charge on any atom is 0.123 e. The van der Waals surface area contributed by atoms with Crippen LogP contribution in [0.2, 0.25) is 0 Å². The first-order valence-corrected chi connectivity index (χ1v) is 8.59. The van der Waals surface area contributed by atoms with Crippen LogP contribution in [0.1, 0.15) is 61.8 Å². The average Bonchev–Trinajstić information content (AvgIpc) is 2.31.